The zero-order valence-corrected chi connectivity index (χ0v) is 12.9. The average Bonchev–Trinajstić information content (AvgIpc) is 2.84. The lowest BCUT2D eigenvalue weighted by Gasteiger charge is -2.17. The Morgan fingerprint density at radius 2 is 2.00 bits per heavy atom. The summed E-state index contributed by atoms with van der Waals surface area (Å²) in [5.41, 5.74) is 0.862. The molecule has 2 atom stereocenters. The highest BCUT2D eigenvalue weighted by Gasteiger charge is 2.19. The molecule has 1 aromatic heterocycles. The fourth-order valence-corrected chi connectivity index (χ4v) is 2.56. The molecule has 1 amide bonds. The first-order valence-corrected chi connectivity index (χ1v) is 7.42. The fraction of sp³-hybridized carbons (Fsp3) is 0.357. The highest BCUT2D eigenvalue weighted by atomic mass is 32.2. The first-order valence-electron chi connectivity index (χ1n) is 6.54. The van der Waals surface area contributed by atoms with Gasteiger partial charge in [0.05, 0.1) is 11.3 Å². The standard InChI is InChI=1S/C14H17FN4OS/c1-9(11-4-6-12(15)7-5-11)17-13(20)10(2)21-14-18-16-8-19(14)3/h4-10H,1-3H3,(H,17,20)/t9-,10+/m0/s1. The van der Waals surface area contributed by atoms with Crippen molar-refractivity contribution in [3.63, 3.8) is 0 Å². The zero-order valence-electron chi connectivity index (χ0n) is 12.1. The zero-order chi connectivity index (χ0) is 15.4. The van der Waals surface area contributed by atoms with Gasteiger partial charge in [-0.3, -0.25) is 4.79 Å². The van der Waals surface area contributed by atoms with Crippen molar-refractivity contribution >= 4 is 17.7 Å². The SMILES string of the molecule is C[C@H](NC(=O)[C@@H](C)Sc1nncn1C)c1ccc(F)cc1. The van der Waals surface area contributed by atoms with Crippen LogP contribution in [0.5, 0.6) is 0 Å². The highest BCUT2D eigenvalue weighted by Crippen LogP contribution is 2.21. The molecule has 0 aliphatic carbocycles. The normalized spacial score (nSPS) is 13.7. The van der Waals surface area contributed by atoms with Gasteiger partial charge in [-0.1, -0.05) is 23.9 Å². The lowest BCUT2D eigenvalue weighted by Crippen LogP contribution is -2.33. The van der Waals surface area contributed by atoms with Crippen molar-refractivity contribution < 1.29 is 9.18 Å². The topological polar surface area (TPSA) is 59.8 Å². The molecular weight excluding hydrogens is 291 g/mol. The molecule has 21 heavy (non-hydrogen) atoms. The smallest absolute Gasteiger partial charge is 0.233 e. The van der Waals surface area contributed by atoms with Crippen LogP contribution in [0.1, 0.15) is 25.5 Å². The van der Waals surface area contributed by atoms with E-state index in [1.54, 1.807) is 23.0 Å². The quantitative estimate of drug-likeness (QED) is 0.861. The molecule has 5 nitrogen and oxygen atoms in total. The number of rotatable bonds is 5. The number of aromatic nitrogens is 3. The van der Waals surface area contributed by atoms with Gasteiger partial charge in [-0.15, -0.1) is 10.2 Å². The summed E-state index contributed by atoms with van der Waals surface area (Å²) in [7, 11) is 1.83. The first kappa shape index (κ1) is 15.5. The Bertz CT molecular complexity index is 614. The van der Waals surface area contributed by atoms with Crippen LogP contribution in [0.4, 0.5) is 4.39 Å². The van der Waals surface area contributed by atoms with Gasteiger partial charge in [0.2, 0.25) is 5.91 Å². The van der Waals surface area contributed by atoms with Crippen LogP contribution in [0.2, 0.25) is 0 Å². The molecule has 1 N–H and O–H groups in total. The van der Waals surface area contributed by atoms with Crippen molar-refractivity contribution in [2.45, 2.75) is 30.3 Å². The summed E-state index contributed by atoms with van der Waals surface area (Å²) >= 11 is 1.34. The third-order valence-electron chi connectivity index (χ3n) is 3.05. The number of amides is 1. The van der Waals surface area contributed by atoms with Crippen molar-refractivity contribution in [1.29, 1.82) is 0 Å². The van der Waals surface area contributed by atoms with Gasteiger partial charge in [0.15, 0.2) is 5.16 Å². The molecule has 0 bridgehead atoms. The molecule has 0 saturated carbocycles. The van der Waals surface area contributed by atoms with Crippen LogP contribution in [0.3, 0.4) is 0 Å². The van der Waals surface area contributed by atoms with E-state index < -0.39 is 0 Å². The average molecular weight is 308 g/mol. The molecule has 1 aromatic carbocycles. The number of thioether (sulfide) groups is 1. The minimum Gasteiger partial charge on any atom is -0.349 e. The summed E-state index contributed by atoms with van der Waals surface area (Å²) in [6.07, 6.45) is 1.59. The molecular formula is C14H17FN4OS. The minimum atomic E-state index is -0.296. The largest absolute Gasteiger partial charge is 0.349 e. The summed E-state index contributed by atoms with van der Waals surface area (Å²) < 4.78 is 14.6. The van der Waals surface area contributed by atoms with Crippen molar-refractivity contribution in [2.75, 3.05) is 0 Å². The number of carbonyl (C=O) groups excluding carboxylic acids is 1. The number of aryl methyl sites for hydroxylation is 1. The maximum atomic E-state index is 12.9. The van der Waals surface area contributed by atoms with Crippen LogP contribution in [0.25, 0.3) is 0 Å². The number of hydrogen-bond donors (Lipinski definition) is 1. The third kappa shape index (κ3) is 4.04. The maximum Gasteiger partial charge on any atom is 0.233 e. The molecule has 0 spiro atoms. The van der Waals surface area contributed by atoms with E-state index in [0.29, 0.717) is 5.16 Å². The molecule has 2 aromatic rings. The molecule has 0 unspecified atom stereocenters. The second-order valence-electron chi connectivity index (χ2n) is 4.77. The summed E-state index contributed by atoms with van der Waals surface area (Å²) in [4.78, 5) is 12.2. The fourth-order valence-electron chi connectivity index (χ4n) is 1.76. The van der Waals surface area contributed by atoms with Crippen molar-refractivity contribution in [3.8, 4) is 0 Å². The second-order valence-corrected chi connectivity index (χ2v) is 6.07. The Balaban J connectivity index is 1.94. The van der Waals surface area contributed by atoms with Crippen LogP contribution >= 0.6 is 11.8 Å². The molecule has 0 saturated heterocycles. The lowest BCUT2D eigenvalue weighted by molar-refractivity contribution is -0.120. The molecule has 0 fully saturated rings. The van der Waals surface area contributed by atoms with Crippen LogP contribution in [-0.4, -0.2) is 25.9 Å². The van der Waals surface area contributed by atoms with E-state index in [1.807, 2.05) is 20.9 Å². The summed E-state index contributed by atoms with van der Waals surface area (Å²) in [5.74, 6) is -0.386. The van der Waals surface area contributed by atoms with E-state index in [4.69, 9.17) is 0 Å². The van der Waals surface area contributed by atoms with E-state index in [1.165, 1.54) is 23.9 Å². The number of benzene rings is 1. The van der Waals surface area contributed by atoms with E-state index in [-0.39, 0.29) is 23.0 Å². The predicted octanol–water partition coefficient (Wildman–Crippen LogP) is 2.31. The number of nitrogens with one attached hydrogen (secondary N) is 1. The van der Waals surface area contributed by atoms with Gasteiger partial charge in [-0.25, -0.2) is 4.39 Å². The monoisotopic (exact) mass is 308 g/mol. The van der Waals surface area contributed by atoms with Gasteiger partial charge in [0.1, 0.15) is 12.1 Å². The highest BCUT2D eigenvalue weighted by molar-refractivity contribution is 8.00. The van der Waals surface area contributed by atoms with E-state index >= 15 is 0 Å². The van der Waals surface area contributed by atoms with Gasteiger partial charge in [0, 0.05) is 7.05 Å². The maximum absolute atomic E-state index is 12.9. The van der Waals surface area contributed by atoms with Crippen LogP contribution in [0.15, 0.2) is 35.7 Å². The number of halogens is 1. The molecule has 0 aliphatic rings. The van der Waals surface area contributed by atoms with Crippen molar-refractivity contribution in [1.82, 2.24) is 20.1 Å². The van der Waals surface area contributed by atoms with Gasteiger partial charge in [-0.2, -0.15) is 0 Å². The first-order chi connectivity index (χ1) is 9.97. The minimum absolute atomic E-state index is 0.0974. The van der Waals surface area contributed by atoms with Gasteiger partial charge < -0.3 is 9.88 Å². The van der Waals surface area contributed by atoms with Crippen LogP contribution in [0, 0.1) is 5.82 Å². The molecule has 1 heterocycles. The molecule has 112 valence electrons. The van der Waals surface area contributed by atoms with Gasteiger partial charge in [-0.05, 0) is 31.5 Å². The van der Waals surface area contributed by atoms with Crippen molar-refractivity contribution in [2.24, 2.45) is 7.05 Å². The van der Waals surface area contributed by atoms with Gasteiger partial charge >= 0.3 is 0 Å². The van der Waals surface area contributed by atoms with Crippen molar-refractivity contribution in [3.05, 3.63) is 42.0 Å². The predicted molar refractivity (Wildman–Crippen MR) is 79.3 cm³/mol. The Morgan fingerprint density at radius 3 is 2.57 bits per heavy atom. The van der Waals surface area contributed by atoms with E-state index in [2.05, 4.69) is 15.5 Å². The van der Waals surface area contributed by atoms with Crippen LogP contribution < -0.4 is 5.32 Å². The number of carbonyl (C=O) groups is 1. The molecule has 0 radical (unpaired) electrons. The Morgan fingerprint density at radius 1 is 1.33 bits per heavy atom. The molecule has 7 heteroatoms. The lowest BCUT2D eigenvalue weighted by atomic mass is 10.1. The Hall–Kier alpha value is -1.89. The Kier molecular flexibility index (Phi) is 4.95. The Labute approximate surface area is 127 Å². The van der Waals surface area contributed by atoms with Crippen LogP contribution in [-0.2, 0) is 11.8 Å². The van der Waals surface area contributed by atoms with Gasteiger partial charge in [0.25, 0.3) is 0 Å². The summed E-state index contributed by atoms with van der Waals surface area (Å²) in [6, 6.07) is 5.92. The molecule has 0 aliphatic heterocycles. The summed E-state index contributed by atoms with van der Waals surface area (Å²) in [6.45, 7) is 3.68. The third-order valence-corrected chi connectivity index (χ3v) is 4.20. The molecule has 2 rings (SSSR count). The van der Waals surface area contributed by atoms with E-state index in [0.717, 1.165) is 5.56 Å². The number of hydrogen-bond acceptors (Lipinski definition) is 4. The second kappa shape index (κ2) is 6.71. The van der Waals surface area contributed by atoms with E-state index in [9.17, 15) is 9.18 Å². The number of nitrogens with zero attached hydrogens (tertiary/aromatic N) is 3. The summed E-state index contributed by atoms with van der Waals surface area (Å²) in [5, 5.41) is 11.0.